The number of carbonyl (C=O) groups excluding carboxylic acids is 1. The van der Waals surface area contributed by atoms with Gasteiger partial charge >= 0.3 is 5.97 Å². The molecule has 0 aliphatic carbocycles. The zero-order chi connectivity index (χ0) is 17.7. The van der Waals surface area contributed by atoms with Crippen molar-refractivity contribution < 1.29 is 17.9 Å². The summed E-state index contributed by atoms with van der Waals surface area (Å²) in [6.45, 7) is 0. The minimum Gasteiger partial charge on any atom is -0.423 e. The Labute approximate surface area is 139 Å². The largest absolute Gasteiger partial charge is 0.423 e. The first kappa shape index (κ1) is 17.4. The van der Waals surface area contributed by atoms with Gasteiger partial charge in [-0.05, 0) is 55.6 Å². The minimum atomic E-state index is -3.54. The molecule has 5 N–H and O–H groups in total. The van der Waals surface area contributed by atoms with E-state index in [2.05, 4.69) is 10.0 Å². The van der Waals surface area contributed by atoms with Crippen molar-refractivity contribution in [3.8, 4) is 5.75 Å². The number of nitrogens with one attached hydrogen (secondary N) is 3. The monoisotopic (exact) mass is 348 g/mol. The van der Waals surface area contributed by atoms with Crippen LogP contribution in [0.15, 0.2) is 53.4 Å². The second-order valence-corrected chi connectivity index (χ2v) is 6.57. The van der Waals surface area contributed by atoms with Gasteiger partial charge in [0.1, 0.15) is 5.75 Å². The van der Waals surface area contributed by atoms with Crippen molar-refractivity contribution in [1.29, 1.82) is 5.41 Å². The minimum absolute atomic E-state index is 0.0736. The number of sulfonamides is 1. The topological polar surface area (TPSA) is 134 Å². The third-order valence-corrected chi connectivity index (χ3v) is 4.44. The number of hydrogen-bond acceptors (Lipinski definition) is 5. The Morgan fingerprint density at radius 2 is 1.67 bits per heavy atom. The summed E-state index contributed by atoms with van der Waals surface area (Å²) in [7, 11) is -2.22. The summed E-state index contributed by atoms with van der Waals surface area (Å²) in [5.74, 6) is -0.573. The molecule has 0 saturated carbocycles. The van der Waals surface area contributed by atoms with Gasteiger partial charge in [0.05, 0.1) is 10.5 Å². The summed E-state index contributed by atoms with van der Waals surface area (Å²) in [4.78, 5) is 12.1. The fraction of sp³-hybridized carbons (Fsp3) is 0.0667. The number of nitrogens with two attached hydrogens (primary N) is 1. The zero-order valence-electron chi connectivity index (χ0n) is 12.7. The number of carbonyl (C=O) groups is 1. The lowest BCUT2D eigenvalue weighted by molar-refractivity contribution is 0.0734. The molecule has 24 heavy (non-hydrogen) atoms. The maximum absolute atomic E-state index is 12.0. The quantitative estimate of drug-likeness (QED) is 0.277. The molecule has 0 radical (unpaired) electrons. The third kappa shape index (κ3) is 4.31. The van der Waals surface area contributed by atoms with Gasteiger partial charge in [-0.1, -0.05) is 0 Å². The Balaban J connectivity index is 2.08. The Bertz CT molecular complexity index is 846. The molecule has 0 heterocycles. The van der Waals surface area contributed by atoms with E-state index in [-0.39, 0.29) is 16.6 Å². The SMILES string of the molecule is CNS(=O)(=O)c1ccc(OC(=O)c2ccc(NC(=N)N)cc2)cc1. The summed E-state index contributed by atoms with van der Waals surface area (Å²) in [5, 5.41) is 9.71. The van der Waals surface area contributed by atoms with Crippen molar-refractivity contribution in [2.24, 2.45) is 5.73 Å². The number of hydrogen-bond donors (Lipinski definition) is 4. The van der Waals surface area contributed by atoms with E-state index >= 15 is 0 Å². The predicted molar refractivity (Wildman–Crippen MR) is 89.6 cm³/mol. The van der Waals surface area contributed by atoms with Gasteiger partial charge in [0.15, 0.2) is 5.96 Å². The van der Waals surface area contributed by atoms with Crippen LogP contribution in [0.2, 0.25) is 0 Å². The molecule has 126 valence electrons. The number of rotatable bonds is 5. The van der Waals surface area contributed by atoms with Gasteiger partial charge in [-0.3, -0.25) is 5.41 Å². The molecule has 0 spiro atoms. The third-order valence-electron chi connectivity index (χ3n) is 3.01. The van der Waals surface area contributed by atoms with Gasteiger partial charge in [-0.25, -0.2) is 17.9 Å². The van der Waals surface area contributed by atoms with Crippen LogP contribution in [-0.4, -0.2) is 27.4 Å². The van der Waals surface area contributed by atoms with Gasteiger partial charge < -0.3 is 15.8 Å². The van der Waals surface area contributed by atoms with E-state index in [1.807, 2.05) is 0 Å². The van der Waals surface area contributed by atoms with Crippen LogP contribution in [0.1, 0.15) is 10.4 Å². The lowest BCUT2D eigenvalue weighted by atomic mass is 10.2. The van der Waals surface area contributed by atoms with Crippen molar-refractivity contribution in [2.75, 3.05) is 12.4 Å². The van der Waals surface area contributed by atoms with Crippen LogP contribution in [0.3, 0.4) is 0 Å². The molecule has 0 unspecified atom stereocenters. The summed E-state index contributed by atoms with van der Waals surface area (Å²) >= 11 is 0. The summed E-state index contributed by atoms with van der Waals surface area (Å²) in [6, 6.07) is 11.7. The average Bonchev–Trinajstić information content (AvgIpc) is 2.55. The molecule has 0 atom stereocenters. The number of anilines is 1. The summed E-state index contributed by atoms with van der Waals surface area (Å²) in [6.07, 6.45) is 0. The number of ether oxygens (including phenoxy) is 1. The van der Waals surface area contributed by atoms with Gasteiger partial charge in [0.25, 0.3) is 0 Å². The second-order valence-electron chi connectivity index (χ2n) is 4.68. The van der Waals surface area contributed by atoms with Crippen molar-refractivity contribution in [2.45, 2.75) is 4.90 Å². The molecular weight excluding hydrogens is 332 g/mol. The Morgan fingerprint density at radius 1 is 1.08 bits per heavy atom. The molecule has 0 saturated heterocycles. The Kier molecular flexibility index (Phi) is 5.17. The zero-order valence-corrected chi connectivity index (χ0v) is 13.6. The fourth-order valence-electron chi connectivity index (χ4n) is 1.82. The van der Waals surface area contributed by atoms with Crippen LogP contribution in [-0.2, 0) is 10.0 Å². The molecule has 0 fully saturated rings. The molecule has 2 aromatic rings. The highest BCUT2D eigenvalue weighted by Gasteiger charge is 2.13. The lowest BCUT2D eigenvalue weighted by Crippen LogP contribution is -2.20. The second kappa shape index (κ2) is 7.11. The van der Waals surface area contributed by atoms with Crippen LogP contribution in [0.4, 0.5) is 5.69 Å². The highest BCUT2D eigenvalue weighted by Crippen LogP contribution is 2.18. The van der Waals surface area contributed by atoms with Crippen LogP contribution in [0.25, 0.3) is 0 Å². The van der Waals surface area contributed by atoms with Gasteiger partial charge in [0, 0.05) is 5.69 Å². The normalized spacial score (nSPS) is 10.9. The van der Waals surface area contributed by atoms with Crippen molar-refractivity contribution in [1.82, 2.24) is 4.72 Å². The van der Waals surface area contributed by atoms with Crippen molar-refractivity contribution in [3.63, 3.8) is 0 Å². The molecule has 9 heteroatoms. The predicted octanol–water partition coefficient (Wildman–Crippen LogP) is 1.12. The lowest BCUT2D eigenvalue weighted by Gasteiger charge is -2.07. The van der Waals surface area contributed by atoms with E-state index in [9.17, 15) is 13.2 Å². The van der Waals surface area contributed by atoms with Crippen LogP contribution >= 0.6 is 0 Å². The average molecular weight is 348 g/mol. The fourth-order valence-corrected chi connectivity index (χ4v) is 2.55. The molecule has 8 nitrogen and oxygen atoms in total. The molecule has 0 aliphatic heterocycles. The maximum atomic E-state index is 12.0. The Hall–Kier alpha value is -2.91. The standard InChI is InChI=1S/C15H16N4O4S/c1-18-24(21,22)13-8-6-12(7-9-13)23-14(20)10-2-4-11(5-3-10)19-15(16)17/h2-9,18H,1H3,(H4,16,17,19). The maximum Gasteiger partial charge on any atom is 0.343 e. The first-order chi connectivity index (χ1) is 11.3. The van der Waals surface area contributed by atoms with E-state index in [1.54, 1.807) is 12.1 Å². The molecule has 2 rings (SSSR count). The molecule has 0 aliphatic rings. The van der Waals surface area contributed by atoms with E-state index in [1.165, 1.54) is 43.4 Å². The van der Waals surface area contributed by atoms with Gasteiger partial charge in [0.2, 0.25) is 10.0 Å². The smallest absolute Gasteiger partial charge is 0.343 e. The molecule has 2 aromatic carbocycles. The number of esters is 1. The number of benzene rings is 2. The molecule has 0 aromatic heterocycles. The highest BCUT2D eigenvalue weighted by atomic mass is 32.2. The van der Waals surface area contributed by atoms with E-state index in [0.29, 0.717) is 11.3 Å². The first-order valence-electron chi connectivity index (χ1n) is 6.79. The van der Waals surface area contributed by atoms with Crippen molar-refractivity contribution >= 4 is 27.6 Å². The number of guanidine groups is 1. The summed E-state index contributed by atoms with van der Waals surface area (Å²) < 4.78 is 30.6. The van der Waals surface area contributed by atoms with Gasteiger partial charge in [-0.2, -0.15) is 0 Å². The summed E-state index contributed by atoms with van der Waals surface area (Å²) in [5.41, 5.74) is 6.08. The van der Waals surface area contributed by atoms with Crippen LogP contribution in [0.5, 0.6) is 5.75 Å². The van der Waals surface area contributed by atoms with Crippen molar-refractivity contribution in [3.05, 3.63) is 54.1 Å². The molecular formula is C15H16N4O4S. The van der Waals surface area contributed by atoms with Crippen LogP contribution < -0.4 is 20.5 Å². The first-order valence-corrected chi connectivity index (χ1v) is 8.27. The van der Waals surface area contributed by atoms with E-state index in [4.69, 9.17) is 15.9 Å². The molecule has 0 bridgehead atoms. The molecule has 0 amide bonds. The van der Waals surface area contributed by atoms with E-state index in [0.717, 1.165) is 0 Å². The van der Waals surface area contributed by atoms with Gasteiger partial charge in [-0.15, -0.1) is 0 Å². The van der Waals surface area contributed by atoms with Crippen LogP contribution in [0, 0.1) is 5.41 Å². The van der Waals surface area contributed by atoms with E-state index < -0.39 is 16.0 Å². The highest BCUT2D eigenvalue weighted by molar-refractivity contribution is 7.89. The Morgan fingerprint density at radius 3 is 2.17 bits per heavy atom.